The van der Waals surface area contributed by atoms with Crippen LogP contribution in [0, 0.1) is 6.92 Å². The molecular formula is C15H21ClN2O3S. The van der Waals surface area contributed by atoms with E-state index in [4.69, 9.17) is 16.3 Å². The van der Waals surface area contributed by atoms with E-state index in [1.165, 1.54) is 6.26 Å². The lowest BCUT2D eigenvalue weighted by molar-refractivity contribution is 0.0985. The maximum absolute atomic E-state index is 12.2. The molecule has 1 aromatic heterocycles. The number of nitrogens with zero attached hydrogens (tertiary/aromatic N) is 2. The second kappa shape index (κ2) is 5.35. The molecule has 5 nitrogen and oxygen atoms in total. The van der Waals surface area contributed by atoms with Gasteiger partial charge in [0.2, 0.25) is 0 Å². The third-order valence-electron chi connectivity index (χ3n) is 4.77. The van der Waals surface area contributed by atoms with E-state index >= 15 is 0 Å². The summed E-state index contributed by atoms with van der Waals surface area (Å²) in [4.78, 5) is 6.61. The molecule has 0 aromatic carbocycles. The highest BCUT2D eigenvalue weighted by molar-refractivity contribution is 7.92. The number of morpholine rings is 1. The Hall–Kier alpha value is -0.850. The van der Waals surface area contributed by atoms with Crippen LogP contribution in [0.15, 0.2) is 6.07 Å². The molecule has 2 fully saturated rings. The minimum atomic E-state index is -3.17. The minimum absolute atomic E-state index is 0.196. The van der Waals surface area contributed by atoms with Crippen LogP contribution in [0.4, 0.5) is 5.82 Å². The van der Waals surface area contributed by atoms with E-state index in [9.17, 15) is 8.42 Å². The van der Waals surface area contributed by atoms with E-state index in [0.29, 0.717) is 31.2 Å². The molecule has 7 heteroatoms. The van der Waals surface area contributed by atoms with Crippen LogP contribution in [0.1, 0.15) is 30.9 Å². The summed E-state index contributed by atoms with van der Waals surface area (Å²) in [6.07, 6.45) is 2.63. The molecule has 3 rings (SSSR count). The molecule has 1 aliphatic heterocycles. The first-order valence-electron chi connectivity index (χ1n) is 7.48. The van der Waals surface area contributed by atoms with Crippen LogP contribution in [-0.2, 0) is 19.3 Å². The summed E-state index contributed by atoms with van der Waals surface area (Å²) in [7, 11) is -3.17. The molecule has 1 aromatic rings. The molecule has 122 valence electrons. The van der Waals surface area contributed by atoms with Gasteiger partial charge in [0.25, 0.3) is 0 Å². The van der Waals surface area contributed by atoms with Crippen molar-refractivity contribution in [3.05, 3.63) is 22.3 Å². The second-order valence-corrected chi connectivity index (χ2v) is 9.01. The van der Waals surface area contributed by atoms with Crippen molar-refractivity contribution in [1.29, 1.82) is 0 Å². The molecule has 22 heavy (non-hydrogen) atoms. The zero-order valence-electron chi connectivity index (χ0n) is 13.1. The molecule has 2 heterocycles. The molecule has 2 aliphatic rings. The summed E-state index contributed by atoms with van der Waals surface area (Å²) in [5, 5.41) is 0.390. The monoisotopic (exact) mass is 344 g/mol. The fourth-order valence-corrected chi connectivity index (χ4v) is 4.85. The molecule has 1 saturated carbocycles. The van der Waals surface area contributed by atoms with E-state index in [0.717, 1.165) is 23.5 Å². The summed E-state index contributed by atoms with van der Waals surface area (Å²) in [5.41, 5.74) is 1.58. The Morgan fingerprint density at radius 2 is 2.14 bits per heavy atom. The van der Waals surface area contributed by atoms with Gasteiger partial charge < -0.3 is 9.64 Å². The summed E-state index contributed by atoms with van der Waals surface area (Å²) in [6.45, 7) is 5.93. The Balaban J connectivity index is 2.09. The molecule has 0 radical (unpaired) electrons. The van der Waals surface area contributed by atoms with Gasteiger partial charge in [-0.3, -0.25) is 0 Å². The number of hydrogen-bond donors (Lipinski definition) is 0. The van der Waals surface area contributed by atoms with Gasteiger partial charge >= 0.3 is 0 Å². The number of halogens is 1. The maximum Gasteiger partial charge on any atom is 0.157 e. The predicted molar refractivity (Wildman–Crippen MR) is 87.4 cm³/mol. The first kappa shape index (κ1) is 16.0. The van der Waals surface area contributed by atoms with Gasteiger partial charge in [0, 0.05) is 12.8 Å². The average Bonchev–Trinajstić information content (AvgIpc) is 3.23. The standard InChI is InChI=1S/C15H21ClN2O3S/c1-10-9-21-7-6-18(10)13-8-12(11(2)14(16)17-13)15(4-5-15)22(3,19)20/h8,10H,4-7,9H2,1-3H3/t10-/m1/s1. The van der Waals surface area contributed by atoms with Crippen molar-refractivity contribution in [2.75, 3.05) is 30.9 Å². The van der Waals surface area contributed by atoms with Gasteiger partial charge in [-0.15, -0.1) is 0 Å². The van der Waals surface area contributed by atoms with Gasteiger partial charge in [-0.2, -0.15) is 0 Å². The maximum atomic E-state index is 12.2. The molecule has 1 saturated heterocycles. The van der Waals surface area contributed by atoms with Crippen molar-refractivity contribution < 1.29 is 13.2 Å². The average molecular weight is 345 g/mol. The molecule has 0 unspecified atom stereocenters. The zero-order chi connectivity index (χ0) is 16.1. The van der Waals surface area contributed by atoms with Crippen LogP contribution in [0.3, 0.4) is 0 Å². The smallest absolute Gasteiger partial charge is 0.157 e. The second-order valence-electron chi connectivity index (χ2n) is 6.33. The topological polar surface area (TPSA) is 59.5 Å². The highest BCUT2D eigenvalue weighted by atomic mass is 35.5. The van der Waals surface area contributed by atoms with Crippen molar-refractivity contribution in [2.45, 2.75) is 37.5 Å². The van der Waals surface area contributed by atoms with Gasteiger partial charge in [0.15, 0.2) is 9.84 Å². The molecule has 1 atom stereocenters. The van der Waals surface area contributed by atoms with Crippen molar-refractivity contribution in [3.8, 4) is 0 Å². The van der Waals surface area contributed by atoms with E-state index in [1.807, 2.05) is 13.0 Å². The molecule has 1 aliphatic carbocycles. The van der Waals surface area contributed by atoms with Crippen molar-refractivity contribution >= 4 is 27.3 Å². The number of sulfone groups is 1. The van der Waals surface area contributed by atoms with Crippen LogP contribution in [0.2, 0.25) is 5.15 Å². The largest absolute Gasteiger partial charge is 0.377 e. The first-order valence-corrected chi connectivity index (χ1v) is 9.75. The van der Waals surface area contributed by atoms with Crippen LogP contribution in [0.25, 0.3) is 0 Å². The Morgan fingerprint density at radius 1 is 1.45 bits per heavy atom. The SMILES string of the molecule is Cc1c(C2(S(C)(=O)=O)CC2)cc(N2CCOC[C@H]2C)nc1Cl. The molecule has 0 bridgehead atoms. The predicted octanol–water partition coefficient (Wildman–Crippen LogP) is 2.30. The fourth-order valence-electron chi connectivity index (χ4n) is 3.21. The Bertz CT molecular complexity index is 701. The zero-order valence-corrected chi connectivity index (χ0v) is 14.7. The third kappa shape index (κ3) is 2.51. The number of rotatable bonds is 3. The van der Waals surface area contributed by atoms with Crippen molar-refractivity contribution in [3.63, 3.8) is 0 Å². The van der Waals surface area contributed by atoms with Gasteiger partial charge in [0.1, 0.15) is 11.0 Å². The van der Waals surface area contributed by atoms with Crippen LogP contribution < -0.4 is 4.90 Å². The summed E-state index contributed by atoms with van der Waals surface area (Å²) in [5.74, 6) is 0.747. The number of anilines is 1. The van der Waals surface area contributed by atoms with E-state index in [1.54, 1.807) is 0 Å². The Labute approximate surface area is 136 Å². The number of pyridine rings is 1. The number of aromatic nitrogens is 1. The molecular weight excluding hydrogens is 324 g/mol. The van der Waals surface area contributed by atoms with Crippen molar-refractivity contribution in [1.82, 2.24) is 4.98 Å². The summed E-state index contributed by atoms with van der Waals surface area (Å²) >= 11 is 6.31. The highest BCUT2D eigenvalue weighted by Gasteiger charge is 2.54. The van der Waals surface area contributed by atoms with Gasteiger partial charge in [-0.25, -0.2) is 13.4 Å². The number of hydrogen-bond acceptors (Lipinski definition) is 5. The lowest BCUT2D eigenvalue weighted by atomic mass is 10.1. The van der Waals surface area contributed by atoms with Crippen molar-refractivity contribution in [2.24, 2.45) is 0 Å². The van der Waals surface area contributed by atoms with E-state index in [-0.39, 0.29) is 6.04 Å². The Kier molecular flexibility index (Phi) is 3.90. The molecule has 0 amide bonds. The quantitative estimate of drug-likeness (QED) is 0.787. The van der Waals surface area contributed by atoms with Crippen LogP contribution in [0.5, 0.6) is 0 Å². The minimum Gasteiger partial charge on any atom is -0.377 e. The van der Waals surface area contributed by atoms with Gasteiger partial charge in [-0.05, 0) is 43.9 Å². The highest BCUT2D eigenvalue weighted by Crippen LogP contribution is 2.54. The number of ether oxygens (including phenoxy) is 1. The summed E-state index contributed by atoms with van der Waals surface area (Å²) < 4.78 is 29.2. The van der Waals surface area contributed by atoms with Gasteiger partial charge in [0.05, 0.1) is 24.0 Å². The Morgan fingerprint density at radius 3 is 2.68 bits per heavy atom. The molecule has 0 spiro atoms. The third-order valence-corrected chi connectivity index (χ3v) is 7.18. The fraction of sp³-hybridized carbons (Fsp3) is 0.667. The lowest BCUT2D eigenvalue weighted by Gasteiger charge is -2.35. The lowest BCUT2D eigenvalue weighted by Crippen LogP contribution is -2.44. The molecule has 0 N–H and O–H groups in total. The normalized spacial score (nSPS) is 24.4. The van der Waals surface area contributed by atoms with E-state index in [2.05, 4.69) is 16.8 Å². The first-order chi connectivity index (χ1) is 10.3. The summed E-state index contributed by atoms with van der Waals surface area (Å²) in [6, 6.07) is 2.11. The van der Waals surface area contributed by atoms with Crippen LogP contribution >= 0.6 is 11.6 Å². The van der Waals surface area contributed by atoms with Gasteiger partial charge in [-0.1, -0.05) is 11.6 Å². The van der Waals surface area contributed by atoms with E-state index < -0.39 is 14.6 Å². The van der Waals surface area contributed by atoms with Crippen LogP contribution in [-0.4, -0.2) is 45.5 Å².